The van der Waals surface area contributed by atoms with Gasteiger partial charge in [0.2, 0.25) is 0 Å². The molecule has 0 fully saturated rings. The van der Waals surface area contributed by atoms with Gasteiger partial charge in [0.1, 0.15) is 0 Å². The van der Waals surface area contributed by atoms with E-state index in [0.29, 0.717) is 6.54 Å². The number of pyridine rings is 1. The quantitative estimate of drug-likeness (QED) is 0.889. The van der Waals surface area contributed by atoms with Crippen molar-refractivity contribution in [2.75, 3.05) is 11.4 Å². The van der Waals surface area contributed by atoms with Crippen LogP contribution in [0.2, 0.25) is 0 Å². The van der Waals surface area contributed by atoms with Crippen molar-refractivity contribution in [3.63, 3.8) is 0 Å². The fourth-order valence-corrected chi connectivity index (χ4v) is 3.23. The highest BCUT2D eigenvalue weighted by Crippen LogP contribution is 2.27. The van der Waals surface area contributed by atoms with Gasteiger partial charge in [0.15, 0.2) is 5.13 Å². The zero-order chi connectivity index (χ0) is 14.5. The third-order valence-corrected chi connectivity index (χ3v) is 4.42. The summed E-state index contributed by atoms with van der Waals surface area (Å²) in [5.41, 5.74) is 9.05. The Morgan fingerprint density at radius 1 is 1.25 bits per heavy atom. The highest BCUT2D eigenvalue weighted by Gasteiger charge is 2.14. The third-order valence-electron chi connectivity index (χ3n) is 3.24. The van der Waals surface area contributed by atoms with E-state index < -0.39 is 0 Å². The SMILES string of the molecule is CCc1nc(N(CC)Cc2cccc(C)n2)sc1CN. The van der Waals surface area contributed by atoms with Crippen LogP contribution in [0.4, 0.5) is 5.13 Å². The van der Waals surface area contributed by atoms with E-state index in [1.54, 1.807) is 11.3 Å². The Balaban J connectivity index is 2.21. The number of nitrogens with two attached hydrogens (primary N) is 1. The second kappa shape index (κ2) is 6.81. The van der Waals surface area contributed by atoms with Crippen LogP contribution < -0.4 is 10.6 Å². The second-order valence-electron chi connectivity index (χ2n) is 4.71. The maximum Gasteiger partial charge on any atom is 0.186 e. The molecule has 20 heavy (non-hydrogen) atoms. The Labute approximate surface area is 124 Å². The minimum atomic E-state index is 0.571. The molecule has 0 spiro atoms. The van der Waals surface area contributed by atoms with Crippen LogP contribution in [-0.2, 0) is 19.5 Å². The summed E-state index contributed by atoms with van der Waals surface area (Å²) in [6.07, 6.45) is 0.934. The van der Waals surface area contributed by atoms with Gasteiger partial charge >= 0.3 is 0 Å². The largest absolute Gasteiger partial charge is 0.342 e. The summed E-state index contributed by atoms with van der Waals surface area (Å²) in [4.78, 5) is 12.7. The second-order valence-corrected chi connectivity index (χ2v) is 5.77. The molecule has 0 atom stereocenters. The normalized spacial score (nSPS) is 10.8. The average Bonchev–Trinajstić information content (AvgIpc) is 2.88. The van der Waals surface area contributed by atoms with Gasteiger partial charge in [-0.1, -0.05) is 13.0 Å². The molecule has 0 aromatic carbocycles. The van der Waals surface area contributed by atoms with Gasteiger partial charge in [0.25, 0.3) is 0 Å². The Morgan fingerprint density at radius 2 is 2.05 bits per heavy atom. The maximum absolute atomic E-state index is 5.79. The first kappa shape index (κ1) is 14.9. The van der Waals surface area contributed by atoms with E-state index in [1.165, 1.54) is 4.88 Å². The summed E-state index contributed by atoms with van der Waals surface area (Å²) in [6.45, 7) is 8.56. The lowest BCUT2D eigenvalue weighted by molar-refractivity contribution is 0.797. The molecule has 4 nitrogen and oxygen atoms in total. The van der Waals surface area contributed by atoms with Crippen molar-refractivity contribution in [2.24, 2.45) is 5.73 Å². The molecule has 0 aliphatic carbocycles. The van der Waals surface area contributed by atoms with Crippen LogP contribution in [0.3, 0.4) is 0 Å². The molecule has 108 valence electrons. The summed E-state index contributed by atoms with van der Waals surface area (Å²) in [6, 6.07) is 6.13. The third kappa shape index (κ3) is 3.35. The van der Waals surface area contributed by atoms with Gasteiger partial charge in [-0.05, 0) is 32.4 Å². The Hall–Kier alpha value is -1.46. The highest BCUT2D eigenvalue weighted by atomic mass is 32.1. The van der Waals surface area contributed by atoms with E-state index in [1.807, 2.05) is 13.0 Å². The van der Waals surface area contributed by atoms with Crippen LogP contribution in [0.1, 0.15) is 35.8 Å². The van der Waals surface area contributed by atoms with Crippen molar-refractivity contribution >= 4 is 16.5 Å². The monoisotopic (exact) mass is 290 g/mol. The van der Waals surface area contributed by atoms with Crippen molar-refractivity contribution in [2.45, 2.75) is 40.3 Å². The van der Waals surface area contributed by atoms with E-state index in [4.69, 9.17) is 10.7 Å². The summed E-state index contributed by atoms with van der Waals surface area (Å²) >= 11 is 1.70. The average molecular weight is 290 g/mol. The maximum atomic E-state index is 5.79. The molecule has 2 aromatic heterocycles. The van der Waals surface area contributed by atoms with Gasteiger partial charge in [-0.15, -0.1) is 11.3 Å². The molecule has 0 radical (unpaired) electrons. The van der Waals surface area contributed by atoms with Crippen molar-refractivity contribution in [1.82, 2.24) is 9.97 Å². The fraction of sp³-hybridized carbons (Fsp3) is 0.467. The molecular weight excluding hydrogens is 268 g/mol. The molecule has 0 amide bonds. The van der Waals surface area contributed by atoms with Crippen LogP contribution in [0.5, 0.6) is 0 Å². The van der Waals surface area contributed by atoms with Crippen molar-refractivity contribution in [3.8, 4) is 0 Å². The van der Waals surface area contributed by atoms with E-state index in [-0.39, 0.29) is 0 Å². The predicted octanol–water partition coefficient (Wildman–Crippen LogP) is 2.89. The van der Waals surface area contributed by atoms with Crippen LogP contribution in [0.15, 0.2) is 18.2 Å². The van der Waals surface area contributed by atoms with E-state index in [0.717, 1.165) is 41.7 Å². The number of hydrogen-bond donors (Lipinski definition) is 1. The first-order valence-corrected chi connectivity index (χ1v) is 7.85. The fourth-order valence-electron chi connectivity index (χ4n) is 2.14. The van der Waals surface area contributed by atoms with Crippen LogP contribution >= 0.6 is 11.3 Å². The lowest BCUT2D eigenvalue weighted by atomic mass is 10.3. The number of rotatable bonds is 6. The van der Waals surface area contributed by atoms with Crippen LogP contribution in [-0.4, -0.2) is 16.5 Å². The van der Waals surface area contributed by atoms with Gasteiger partial charge < -0.3 is 10.6 Å². The Kier molecular flexibility index (Phi) is 5.09. The van der Waals surface area contributed by atoms with Crippen LogP contribution in [0, 0.1) is 6.92 Å². The lowest BCUT2D eigenvalue weighted by Gasteiger charge is -2.19. The molecule has 2 aromatic rings. The van der Waals surface area contributed by atoms with E-state index >= 15 is 0 Å². The summed E-state index contributed by atoms with van der Waals surface area (Å²) < 4.78 is 0. The number of hydrogen-bond acceptors (Lipinski definition) is 5. The summed E-state index contributed by atoms with van der Waals surface area (Å²) in [5, 5.41) is 1.05. The standard InChI is InChI=1S/C15H22N4S/c1-4-13-14(9-16)20-15(18-13)19(5-2)10-12-8-6-7-11(3)17-12/h6-8H,4-5,9-10,16H2,1-3H3. The van der Waals surface area contributed by atoms with Gasteiger partial charge in [-0.2, -0.15) is 0 Å². The van der Waals surface area contributed by atoms with Crippen molar-refractivity contribution < 1.29 is 0 Å². The molecule has 0 saturated carbocycles. The molecular formula is C15H22N4S. The molecule has 0 bridgehead atoms. The van der Waals surface area contributed by atoms with Crippen LogP contribution in [0.25, 0.3) is 0 Å². The van der Waals surface area contributed by atoms with Gasteiger partial charge in [-0.25, -0.2) is 4.98 Å². The number of anilines is 1. The smallest absolute Gasteiger partial charge is 0.186 e. The first-order valence-electron chi connectivity index (χ1n) is 7.04. The molecule has 2 rings (SSSR count). The molecule has 0 aliphatic heterocycles. The highest BCUT2D eigenvalue weighted by molar-refractivity contribution is 7.15. The molecule has 5 heteroatoms. The lowest BCUT2D eigenvalue weighted by Crippen LogP contribution is -2.22. The van der Waals surface area contributed by atoms with Gasteiger partial charge in [0, 0.05) is 23.7 Å². The number of aryl methyl sites for hydroxylation is 2. The zero-order valence-corrected chi connectivity index (χ0v) is 13.2. The minimum absolute atomic E-state index is 0.571. The number of nitrogens with zero attached hydrogens (tertiary/aromatic N) is 3. The Morgan fingerprint density at radius 3 is 2.60 bits per heavy atom. The topological polar surface area (TPSA) is 55.0 Å². The van der Waals surface area contributed by atoms with Gasteiger partial charge in [-0.3, -0.25) is 4.98 Å². The Bertz CT molecular complexity index is 543. The van der Waals surface area contributed by atoms with Crippen molar-refractivity contribution in [1.29, 1.82) is 0 Å². The summed E-state index contributed by atoms with van der Waals surface area (Å²) in [5.74, 6) is 0. The molecule has 0 aliphatic rings. The van der Waals surface area contributed by atoms with Crippen molar-refractivity contribution in [3.05, 3.63) is 40.2 Å². The number of thiazole rings is 1. The minimum Gasteiger partial charge on any atom is -0.342 e. The number of aromatic nitrogens is 2. The molecule has 2 heterocycles. The van der Waals surface area contributed by atoms with E-state index in [2.05, 4.69) is 35.9 Å². The first-order chi connectivity index (χ1) is 9.67. The molecule has 0 saturated heterocycles. The van der Waals surface area contributed by atoms with Gasteiger partial charge in [0.05, 0.1) is 17.9 Å². The summed E-state index contributed by atoms with van der Waals surface area (Å²) in [7, 11) is 0. The zero-order valence-electron chi connectivity index (χ0n) is 12.4. The molecule has 0 unspecified atom stereocenters. The predicted molar refractivity (Wildman–Crippen MR) is 85.1 cm³/mol. The van der Waals surface area contributed by atoms with E-state index in [9.17, 15) is 0 Å². The molecule has 2 N–H and O–H groups in total.